The minimum Gasteiger partial charge on any atom is -0.298 e. The highest BCUT2D eigenvalue weighted by Gasteiger charge is 2.34. The molecule has 3 aliphatic rings. The first-order chi connectivity index (χ1) is 8.33. The SMILES string of the molecule is C[C@@H]1CN2CCCC2CN1CC1CC=CCC1. The number of nitrogens with zero attached hydrogens (tertiary/aromatic N) is 2. The molecular weight excluding hydrogens is 208 g/mol. The molecule has 96 valence electrons. The lowest BCUT2D eigenvalue weighted by atomic mass is 9.93. The van der Waals surface area contributed by atoms with E-state index < -0.39 is 0 Å². The van der Waals surface area contributed by atoms with Crippen LogP contribution in [0.4, 0.5) is 0 Å². The van der Waals surface area contributed by atoms with Gasteiger partial charge in [-0.25, -0.2) is 0 Å². The van der Waals surface area contributed by atoms with E-state index in [9.17, 15) is 0 Å². The fourth-order valence-corrected chi connectivity index (χ4v) is 3.86. The third-order valence-electron chi connectivity index (χ3n) is 4.94. The lowest BCUT2D eigenvalue weighted by Gasteiger charge is -2.43. The maximum Gasteiger partial charge on any atom is 0.0224 e. The molecule has 2 nitrogen and oxygen atoms in total. The molecule has 0 N–H and O–H groups in total. The molecule has 1 aliphatic carbocycles. The van der Waals surface area contributed by atoms with Crippen LogP contribution in [0.2, 0.25) is 0 Å². The van der Waals surface area contributed by atoms with Crippen molar-refractivity contribution < 1.29 is 0 Å². The van der Waals surface area contributed by atoms with E-state index in [4.69, 9.17) is 0 Å². The van der Waals surface area contributed by atoms with Gasteiger partial charge in [0.25, 0.3) is 0 Å². The molecule has 2 aliphatic heterocycles. The van der Waals surface area contributed by atoms with Gasteiger partial charge in [0.15, 0.2) is 0 Å². The highest BCUT2D eigenvalue weighted by molar-refractivity contribution is 4.94. The van der Waals surface area contributed by atoms with Crippen LogP contribution in [0.25, 0.3) is 0 Å². The Morgan fingerprint density at radius 3 is 2.94 bits per heavy atom. The Morgan fingerprint density at radius 2 is 2.12 bits per heavy atom. The minimum absolute atomic E-state index is 0.773. The standard InChI is InChI=1S/C15H26N2/c1-13-10-16-9-5-8-15(16)12-17(13)11-14-6-3-2-4-7-14/h2-3,13-15H,4-12H2,1H3/t13-,14?,15?/m1/s1. The predicted molar refractivity (Wildman–Crippen MR) is 72.1 cm³/mol. The Bertz CT molecular complexity index is 287. The molecule has 3 rings (SSSR count). The molecule has 2 heteroatoms. The van der Waals surface area contributed by atoms with E-state index in [0.29, 0.717) is 0 Å². The first kappa shape index (κ1) is 11.7. The van der Waals surface area contributed by atoms with Crippen molar-refractivity contribution in [2.45, 2.75) is 51.1 Å². The molecule has 0 amide bonds. The number of fused-ring (bicyclic) bond motifs is 1. The van der Waals surface area contributed by atoms with Crippen LogP contribution in [0.3, 0.4) is 0 Å². The van der Waals surface area contributed by atoms with E-state index in [0.717, 1.165) is 18.0 Å². The Kier molecular flexibility index (Phi) is 3.53. The largest absolute Gasteiger partial charge is 0.298 e. The van der Waals surface area contributed by atoms with E-state index >= 15 is 0 Å². The number of allylic oxidation sites excluding steroid dienone is 2. The molecule has 2 unspecified atom stereocenters. The van der Waals surface area contributed by atoms with Crippen LogP contribution in [0, 0.1) is 5.92 Å². The quantitative estimate of drug-likeness (QED) is 0.677. The van der Waals surface area contributed by atoms with Crippen LogP contribution >= 0.6 is 0 Å². The van der Waals surface area contributed by atoms with Crippen molar-refractivity contribution >= 4 is 0 Å². The number of piperazine rings is 1. The Balaban J connectivity index is 1.57. The number of hydrogen-bond donors (Lipinski definition) is 0. The van der Waals surface area contributed by atoms with Crippen molar-refractivity contribution in [2.24, 2.45) is 5.92 Å². The summed E-state index contributed by atoms with van der Waals surface area (Å²) in [5.74, 6) is 0.926. The zero-order chi connectivity index (χ0) is 11.7. The first-order valence-corrected chi connectivity index (χ1v) is 7.46. The summed E-state index contributed by atoms with van der Waals surface area (Å²) in [5.41, 5.74) is 0. The van der Waals surface area contributed by atoms with Crippen molar-refractivity contribution in [3.8, 4) is 0 Å². The smallest absolute Gasteiger partial charge is 0.0224 e. The van der Waals surface area contributed by atoms with Gasteiger partial charge in [-0.3, -0.25) is 9.80 Å². The first-order valence-electron chi connectivity index (χ1n) is 7.46. The van der Waals surface area contributed by atoms with Gasteiger partial charge in [0.05, 0.1) is 0 Å². The van der Waals surface area contributed by atoms with Crippen LogP contribution in [0.1, 0.15) is 39.0 Å². The lowest BCUT2D eigenvalue weighted by Crippen LogP contribution is -2.55. The van der Waals surface area contributed by atoms with Crippen molar-refractivity contribution in [3.05, 3.63) is 12.2 Å². The zero-order valence-corrected chi connectivity index (χ0v) is 11.1. The third kappa shape index (κ3) is 2.58. The molecule has 0 spiro atoms. The van der Waals surface area contributed by atoms with E-state index in [-0.39, 0.29) is 0 Å². The highest BCUT2D eigenvalue weighted by atomic mass is 15.3. The summed E-state index contributed by atoms with van der Waals surface area (Å²) in [6.07, 6.45) is 11.7. The van der Waals surface area contributed by atoms with Gasteiger partial charge in [-0.15, -0.1) is 0 Å². The molecule has 3 atom stereocenters. The predicted octanol–water partition coefficient (Wildman–Crippen LogP) is 2.51. The summed E-state index contributed by atoms with van der Waals surface area (Å²) in [4.78, 5) is 5.50. The lowest BCUT2D eigenvalue weighted by molar-refractivity contribution is 0.0470. The van der Waals surface area contributed by atoms with Crippen molar-refractivity contribution in [2.75, 3.05) is 26.2 Å². The van der Waals surface area contributed by atoms with Crippen molar-refractivity contribution in [3.63, 3.8) is 0 Å². The molecule has 2 fully saturated rings. The fraction of sp³-hybridized carbons (Fsp3) is 0.867. The summed E-state index contributed by atoms with van der Waals surface area (Å²) in [6, 6.07) is 1.65. The molecular formula is C15H26N2. The molecule has 17 heavy (non-hydrogen) atoms. The number of rotatable bonds is 2. The molecule has 0 aromatic heterocycles. The topological polar surface area (TPSA) is 6.48 Å². The molecule has 2 heterocycles. The normalized spacial score (nSPS) is 39.5. The molecule has 0 saturated carbocycles. The van der Waals surface area contributed by atoms with Gasteiger partial charge in [-0.2, -0.15) is 0 Å². The maximum atomic E-state index is 2.77. The Hall–Kier alpha value is -0.340. The fourth-order valence-electron chi connectivity index (χ4n) is 3.86. The van der Waals surface area contributed by atoms with Crippen LogP contribution in [-0.4, -0.2) is 48.1 Å². The zero-order valence-electron chi connectivity index (χ0n) is 11.1. The van der Waals surface area contributed by atoms with Crippen LogP contribution in [-0.2, 0) is 0 Å². The second kappa shape index (κ2) is 5.11. The average Bonchev–Trinajstić information content (AvgIpc) is 2.78. The third-order valence-corrected chi connectivity index (χ3v) is 4.94. The maximum absolute atomic E-state index is 2.77. The van der Waals surface area contributed by atoms with Gasteiger partial charge in [0, 0.05) is 31.7 Å². The summed E-state index contributed by atoms with van der Waals surface area (Å²) in [5, 5.41) is 0. The second-order valence-corrected chi connectivity index (χ2v) is 6.24. The van der Waals surface area contributed by atoms with E-state index in [1.165, 1.54) is 58.3 Å². The van der Waals surface area contributed by atoms with Crippen molar-refractivity contribution in [1.82, 2.24) is 9.80 Å². The average molecular weight is 234 g/mol. The van der Waals surface area contributed by atoms with Gasteiger partial charge in [0.2, 0.25) is 0 Å². The highest BCUT2D eigenvalue weighted by Crippen LogP contribution is 2.27. The second-order valence-electron chi connectivity index (χ2n) is 6.24. The van der Waals surface area contributed by atoms with Gasteiger partial charge in [0.1, 0.15) is 0 Å². The minimum atomic E-state index is 0.773. The molecule has 2 saturated heterocycles. The summed E-state index contributed by atoms with van der Waals surface area (Å²) >= 11 is 0. The van der Waals surface area contributed by atoms with Gasteiger partial charge < -0.3 is 0 Å². The van der Waals surface area contributed by atoms with Crippen LogP contribution in [0.5, 0.6) is 0 Å². The Morgan fingerprint density at radius 1 is 1.18 bits per heavy atom. The van der Waals surface area contributed by atoms with Gasteiger partial charge in [-0.05, 0) is 51.5 Å². The summed E-state index contributed by atoms with van der Waals surface area (Å²) in [6.45, 7) is 7.77. The molecule has 0 aromatic carbocycles. The van der Waals surface area contributed by atoms with Gasteiger partial charge >= 0.3 is 0 Å². The molecule has 0 aromatic rings. The van der Waals surface area contributed by atoms with Gasteiger partial charge in [-0.1, -0.05) is 12.2 Å². The molecule has 0 radical (unpaired) electrons. The van der Waals surface area contributed by atoms with Crippen LogP contribution < -0.4 is 0 Å². The van der Waals surface area contributed by atoms with Crippen molar-refractivity contribution in [1.29, 1.82) is 0 Å². The number of hydrogen-bond acceptors (Lipinski definition) is 2. The monoisotopic (exact) mass is 234 g/mol. The Labute approximate surface area is 106 Å². The van der Waals surface area contributed by atoms with E-state index in [2.05, 4.69) is 28.9 Å². The molecule has 0 bridgehead atoms. The summed E-state index contributed by atoms with van der Waals surface area (Å²) in [7, 11) is 0. The van der Waals surface area contributed by atoms with E-state index in [1.54, 1.807) is 0 Å². The van der Waals surface area contributed by atoms with E-state index in [1.807, 2.05) is 0 Å². The van der Waals surface area contributed by atoms with Crippen LogP contribution in [0.15, 0.2) is 12.2 Å². The summed E-state index contributed by atoms with van der Waals surface area (Å²) < 4.78 is 0.